The predicted molar refractivity (Wildman–Crippen MR) is 110 cm³/mol. The molecule has 8 nitrogen and oxygen atoms in total. The number of nitrogens with zero attached hydrogens (tertiary/aromatic N) is 3. The summed E-state index contributed by atoms with van der Waals surface area (Å²) in [5, 5.41) is 0.0475. The largest absolute Gasteiger partial charge is 0.480 e. The van der Waals surface area contributed by atoms with E-state index in [2.05, 4.69) is 31.5 Å². The van der Waals surface area contributed by atoms with Gasteiger partial charge in [-0.1, -0.05) is 35.0 Å². The second kappa shape index (κ2) is 8.71. The minimum Gasteiger partial charge on any atom is -0.480 e. The summed E-state index contributed by atoms with van der Waals surface area (Å²) in [5.41, 5.74) is 5.17. The van der Waals surface area contributed by atoms with Crippen LogP contribution >= 0.6 is 23.2 Å². The number of rotatable bonds is 4. The number of anilines is 2. The Hall–Kier alpha value is -3.13. The number of nitrogen functional groups attached to an aromatic ring is 1. The first kappa shape index (κ1) is 21.6. The zero-order valence-corrected chi connectivity index (χ0v) is 17.5. The van der Waals surface area contributed by atoms with E-state index in [-0.39, 0.29) is 38.0 Å². The van der Waals surface area contributed by atoms with Gasteiger partial charge in [-0.2, -0.15) is 0 Å². The summed E-state index contributed by atoms with van der Waals surface area (Å²) in [6.45, 7) is 0. The molecule has 154 valence electrons. The van der Waals surface area contributed by atoms with Crippen molar-refractivity contribution < 1.29 is 17.5 Å². The zero-order chi connectivity index (χ0) is 21.9. The van der Waals surface area contributed by atoms with Crippen LogP contribution in [0.5, 0.6) is 5.88 Å². The average molecular weight is 468 g/mol. The Morgan fingerprint density at radius 2 is 1.83 bits per heavy atom. The third-order valence-electron chi connectivity index (χ3n) is 3.61. The standard InChI is InChI=1S/C18H12Cl2FN5O3S/c1-29-17-15(6-11(19)9-23-17)30(27,28)26-14-5-4-13(20)12(16(14)21)3-2-10-7-24-18(22)25-8-10/h4-9,26H,1H3,(H2,22,24,25). The van der Waals surface area contributed by atoms with Gasteiger partial charge in [0.1, 0.15) is 0 Å². The Kier molecular flexibility index (Phi) is 6.26. The predicted octanol–water partition coefficient (Wildman–Crippen LogP) is 3.11. The molecular weight excluding hydrogens is 456 g/mol. The Balaban J connectivity index is 2.00. The van der Waals surface area contributed by atoms with Gasteiger partial charge in [-0.05, 0) is 18.2 Å². The minimum atomic E-state index is -4.29. The highest BCUT2D eigenvalue weighted by Gasteiger charge is 2.24. The molecule has 0 atom stereocenters. The van der Waals surface area contributed by atoms with Crippen LogP contribution in [0.3, 0.4) is 0 Å². The van der Waals surface area contributed by atoms with E-state index >= 15 is 0 Å². The van der Waals surface area contributed by atoms with E-state index in [1.54, 1.807) is 0 Å². The summed E-state index contributed by atoms with van der Waals surface area (Å²) in [6.07, 6.45) is 3.93. The number of ether oxygens (including phenoxy) is 1. The summed E-state index contributed by atoms with van der Waals surface area (Å²) in [5.74, 6) is 4.07. The van der Waals surface area contributed by atoms with Gasteiger partial charge < -0.3 is 10.5 Å². The molecule has 0 spiro atoms. The van der Waals surface area contributed by atoms with E-state index in [0.29, 0.717) is 5.56 Å². The van der Waals surface area contributed by atoms with Crippen molar-refractivity contribution in [3.05, 3.63) is 63.8 Å². The molecule has 0 saturated heterocycles. The lowest BCUT2D eigenvalue weighted by molar-refractivity contribution is 0.385. The quantitative estimate of drug-likeness (QED) is 0.565. The van der Waals surface area contributed by atoms with Gasteiger partial charge in [-0.15, -0.1) is 0 Å². The number of hydrogen-bond donors (Lipinski definition) is 2. The molecule has 0 bridgehead atoms. The number of pyridine rings is 1. The highest BCUT2D eigenvalue weighted by atomic mass is 35.5. The molecule has 3 rings (SSSR count). The molecule has 3 aromatic rings. The van der Waals surface area contributed by atoms with Gasteiger partial charge in [0, 0.05) is 18.6 Å². The van der Waals surface area contributed by atoms with Gasteiger partial charge in [-0.3, -0.25) is 4.72 Å². The molecule has 0 unspecified atom stereocenters. The van der Waals surface area contributed by atoms with Crippen LogP contribution in [0.25, 0.3) is 0 Å². The van der Waals surface area contributed by atoms with E-state index in [4.69, 9.17) is 33.7 Å². The lowest BCUT2D eigenvalue weighted by atomic mass is 10.2. The third-order valence-corrected chi connectivity index (χ3v) is 5.49. The molecular formula is C18H12Cl2FN5O3S. The lowest BCUT2D eigenvalue weighted by Crippen LogP contribution is -2.16. The monoisotopic (exact) mass is 467 g/mol. The van der Waals surface area contributed by atoms with Crippen LogP contribution in [0.1, 0.15) is 11.1 Å². The van der Waals surface area contributed by atoms with Crippen molar-refractivity contribution in [3.63, 3.8) is 0 Å². The number of methoxy groups -OCH3 is 1. The van der Waals surface area contributed by atoms with Crippen molar-refractivity contribution in [2.75, 3.05) is 17.6 Å². The molecule has 30 heavy (non-hydrogen) atoms. The topological polar surface area (TPSA) is 120 Å². The van der Waals surface area contributed by atoms with Crippen LogP contribution in [0.15, 0.2) is 41.7 Å². The molecule has 12 heteroatoms. The van der Waals surface area contributed by atoms with Crippen molar-refractivity contribution >= 4 is 44.9 Å². The second-order valence-electron chi connectivity index (χ2n) is 5.63. The van der Waals surface area contributed by atoms with Crippen molar-refractivity contribution in [2.45, 2.75) is 4.90 Å². The third kappa shape index (κ3) is 4.71. The van der Waals surface area contributed by atoms with Crippen LogP contribution in [0.2, 0.25) is 10.0 Å². The number of benzene rings is 1. The van der Waals surface area contributed by atoms with E-state index in [1.807, 2.05) is 0 Å². The molecule has 0 aliphatic heterocycles. The maximum Gasteiger partial charge on any atom is 0.267 e. The van der Waals surface area contributed by atoms with Crippen LogP contribution in [0, 0.1) is 17.7 Å². The molecule has 0 aliphatic carbocycles. The summed E-state index contributed by atoms with van der Waals surface area (Å²) in [7, 11) is -3.05. The van der Waals surface area contributed by atoms with Crippen LogP contribution in [-0.2, 0) is 10.0 Å². The van der Waals surface area contributed by atoms with Crippen LogP contribution < -0.4 is 15.2 Å². The van der Waals surface area contributed by atoms with E-state index < -0.39 is 15.8 Å². The number of nitrogens with one attached hydrogen (secondary N) is 1. The highest BCUT2D eigenvalue weighted by Crippen LogP contribution is 2.30. The molecule has 2 heterocycles. The normalized spacial score (nSPS) is 10.8. The van der Waals surface area contributed by atoms with Gasteiger partial charge in [-0.25, -0.2) is 27.8 Å². The first-order valence-electron chi connectivity index (χ1n) is 8.01. The molecule has 1 aromatic carbocycles. The number of nitrogens with two attached hydrogens (primary N) is 1. The van der Waals surface area contributed by atoms with E-state index in [0.717, 1.165) is 12.1 Å². The number of sulfonamides is 1. The first-order chi connectivity index (χ1) is 14.2. The van der Waals surface area contributed by atoms with Crippen molar-refractivity contribution in [1.29, 1.82) is 0 Å². The molecule has 0 saturated carbocycles. The van der Waals surface area contributed by atoms with E-state index in [9.17, 15) is 12.8 Å². The molecule has 0 aliphatic rings. The van der Waals surface area contributed by atoms with Gasteiger partial charge in [0.15, 0.2) is 10.7 Å². The van der Waals surface area contributed by atoms with Gasteiger partial charge in [0.05, 0.1) is 34.0 Å². The van der Waals surface area contributed by atoms with Gasteiger partial charge >= 0.3 is 0 Å². The second-order valence-corrected chi connectivity index (χ2v) is 8.12. The molecule has 0 radical (unpaired) electrons. The number of hydrogen-bond acceptors (Lipinski definition) is 7. The van der Waals surface area contributed by atoms with Crippen LogP contribution in [-0.4, -0.2) is 30.5 Å². The number of halogens is 3. The Morgan fingerprint density at radius 3 is 2.50 bits per heavy atom. The maximum absolute atomic E-state index is 15.0. The van der Waals surface area contributed by atoms with Gasteiger partial charge in [0.2, 0.25) is 11.8 Å². The first-order valence-corrected chi connectivity index (χ1v) is 10.2. The zero-order valence-electron chi connectivity index (χ0n) is 15.1. The fourth-order valence-electron chi connectivity index (χ4n) is 2.24. The summed E-state index contributed by atoms with van der Waals surface area (Å²) in [4.78, 5) is 11.0. The molecule has 2 aromatic heterocycles. The SMILES string of the molecule is COc1ncc(Cl)cc1S(=O)(=O)Nc1ccc(Cl)c(C#Cc2cnc(N)nc2)c1F. The summed E-state index contributed by atoms with van der Waals surface area (Å²) < 4.78 is 47.5. The van der Waals surface area contributed by atoms with E-state index in [1.165, 1.54) is 31.8 Å². The Bertz CT molecular complexity index is 1280. The van der Waals surface area contributed by atoms with Gasteiger partial charge in [0.25, 0.3) is 10.0 Å². The molecule has 3 N–H and O–H groups in total. The molecule has 0 fully saturated rings. The van der Waals surface area contributed by atoms with Crippen molar-refractivity contribution in [3.8, 4) is 17.7 Å². The fourth-order valence-corrected chi connectivity index (χ4v) is 3.86. The van der Waals surface area contributed by atoms with Crippen molar-refractivity contribution in [2.24, 2.45) is 0 Å². The Morgan fingerprint density at radius 1 is 1.13 bits per heavy atom. The van der Waals surface area contributed by atoms with Crippen molar-refractivity contribution in [1.82, 2.24) is 15.0 Å². The highest BCUT2D eigenvalue weighted by molar-refractivity contribution is 7.92. The fraction of sp³-hybridized carbons (Fsp3) is 0.0556. The maximum atomic E-state index is 15.0. The van der Waals surface area contributed by atoms with Crippen LogP contribution in [0.4, 0.5) is 16.0 Å². The Labute approximate surface area is 181 Å². The smallest absolute Gasteiger partial charge is 0.267 e. The minimum absolute atomic E-state index is 0.0127. The summed E-state index contributed by atoms with van der Waals surface area (Å²) in [6, 6.07) is 3.60. The summed E-state index contributed by atoms with van der Waals surface area (Å²) >= 11 is 11.9. The molecule has 0 amide bonds. The average Bonchev–Trinajstić information content (AvgIpc) is 2.71. The lowest BCUT2D eigenvalue weighted by Gasteiger charge is -2.12. The number of aromatic nitrogens is 3.